The summed E-state index contributed by atoms with van der Waals surface area (Å²) in [5.74, 6) is 5.74. The summed E-state index contributed by atoms with van der Waals surface area (Å²) in [7, 11) is 1.74. The predicted octanol–water partition coefficient (Wildman–Crippen LogP) is 1.24. The van der Waals surface area contributed by atoms with E-state index in [4.69, 9.17) is 0 Å². The maximum absolute atomic E-state index is 3.74. The Morgan fingerprint density at radius 2 is 2.08 bits per heavy atom. The van der Waals surface area contributed by atoms with Crippen LogP contribution in [0.5, 0.6) is 0 Å². The largest absolute Gasteiger partial charge is 0.313 e. The SMILES string of the molecule is CN/N=C/C#Cc1ccccc1. The summed E-state index contributed by atoms with van der Waals surface area (Å²) in [5, 5.41) is 3.74. The van der Waals surface area contributed by atoms with Gasteiger partial charge < -0.3 is 5.43 Å². The van der Waals surface area contributed by atoms with E-state index in [1.807, 2.05) is 30.3 Å². The van der Waals surface area contributed by atoms with Crippen molar-refractivity contribution in [3.8, 4) is 11.8 Å². The van der Waals surface area contributed by atoms with Crippen molar-refractivity contribution in [1.29, 1.82) is 0 Å². The van der Waals surface area contributed by atoms with Crippen LogP contribution in [0.2, 0.25) is 0 Å². The molecule has 0 aliphatic heterocycles. The first-order valence-corrected chi connectivity index (χ1v) is 3.68. The Bertz CT molecular complexity index is 304. The lowest BCUT2D eigenvalue weighted by Gasteiger charge is -1.84. The monoisotopic (exact) mass is 158 g/mol. The number of nitrogens with zero attached hydrogens (tertiary/aromatic N) is 1. The van der Waals surface area contributed by atoms with E-state index in [1.165, 1.54) is 6.21 Å². The van der Waals surface area contributed by atoms with Crippen LogP contribution in [0, 0.1) is 11.8 Å². The highest BCUT2D eigenvalue weighted by molar-refractivity contribution is 5.78. The van der Waals surface area contributed by atoms with Crippen LogP contribution < -0.4 is 5.43 Å². The van der Waals surface area contributed by atoms with Crippen LogP contribution in [0.15, 0.2) is 35.4 Å². The number of hydrazone groups is 1. The zero-order valence-corrected chi connectivity index (χ0v) is 6.91. The van der Waals surface area contributed by atoms with E-state index < -0.39 is 0 Å². The molecule has 0 radical (unpaired) electrons. The molecule has 12 heavy (non-hydrogen) atoms. The van der Waals surface area contributed by atoms with Gasteiger partial charge in [-0.2, -0.15) is 5.10 Å². The minimum Gasteiger partial charge on any atom is -0.313 e. The molecular formula is C10H10N2. The first-order valence-electron chi connectivity index (χ1n) is 3.68. The molecule has 1 aromatic carbocycles. The molecule has 0 aromatic heterocycles. The Labute approximate surface area is 72.3 Å². The Balaban J connectivity index is 2.61. The van der Waals surface area contributed by atoms with Crippen molar-refractivity contribution < 1.29 is 0 Å². The molecule has 0 fully saturated rings. The van der Waals surface area contributed by atoms with Crippen LogP contribution >= 0.6 is 0 Å². The van der Waals surface area contributed by atoms with Gasteiger partial charge in [-0.15, -0.1) is 0 Å². The minimum atomic E-state index is 1.00. The van der Waals surface area contributed by atoms with Crippen molar-refractivity contribution in [2.45, 2.75) is 0 Å². The molecule has 2 heteroatoms. The third-order valence-electron chi connectivity index (χ3n) is 1.25. The Morgan fingerprint density at radius 1 is 1.33 bits per heavy atom. The van der Waals surface area contributed by atoms with Crippen molar-refractivity contribution in [3.05, 3.63) is 35.9 Å². The number of nitrogens with one attached hydrogen (secondary N) is 1. The third kappa shape index (κ3) is 2.89. The van der Waals surface area contributed by atoms with Gasteiger partial charge in [-0.3, -0.25) is 0 Å². The minimum absolute atomic E-state index is 1.00. The highest BCUT2D eigenvalue weighted by atomic mass is 15.3. The molecule has 0 aliphatic carbocycles. The molecule has 1 N–H and O–H groups in total. The quantitative estimate of drug-likeness (QED) is 0.371. The van der Waals surface area contributed by atoms with E-state index in [0.717, 1.165) is 5.56 Å². The lowest BCUT2D eigenvalue weighted by Crippen LogP contribution is -1.91. The molecule has 0 atom stereocenters. The van der Waals surface area contributed by atoms with Gasteiger partial charge in [0.2, 0.25) is 0 Å². The second kappa shape index (κ2) is 4.97. The third-order valence-corrected chi connectivity index (χ3v) is 1.25. The zero-order chi connectivity index (χ0) is 8.65. The van der Waals surface area contributed by atoms with Crippen LogP contribution in [0.25, 0.3) is 0 Å². The summed E-state index contributed by atoms with van der Waals surface area (Å²) in [4.78, 5) is 0. The van der Waals surface area contributed by atoms with Gasteiger partial charge in [0, 0.05) is 12.6 Å². The molecule has 0 saturated carbocycles. The molecule has 1 aromatic rings. The van der Waals surface area contributed by atoms with Crippen LogP contribution in [0.3, 0.4) is 0 Å². The number of hydrogen-bond donors (Lipinski definition) is 1. The Hall–Kier alpha value is -1.75. The average Bonchev–Trinajstić information content (AvgIpc) is 2.14. The average molecular weight is 158 g/mol. The van der Waals surface area contributed by atoms with Crippen molar-refractivity contribution in [1.82, 2.24) is 5.43 Å². The molecular weight excluding hydrogens is 148 g/mol. The molecule has 0 saturated heterocycles. The smallest absolute Gasteiger partial charge is 0.0969 e. The summed E-state index contributed by atoms with van der Waals surface area (Å²) < 4.78 is 0. The van der Waals surface area contributed by atoms with Gasteiger partial charge in [0.15, 0.2) is 0 Å². The molecule has 0 unspecified atom stereocenters. The molecule has 0 bridgehead atoms. The van der Waals surface area contributed by atoms with Crippen LogP contribution in [-0.2, 0) is 0 Å². The first kappa shape index (κ1) is 8.35. The molecule has 0 spiro atoms. The van der Waals surface area contributed by atoms with Gasteiger partial charge in [-0.05, 0) is 18.1 Å². The second-order valence-electron chi connectivity index (χ2n) is 2.12. The van der Waals surface area contributed by atoms with E-state index in [9.17, 15) is 0 Å². The predicted molar refractivity (Wildman–Crippen MR) is 50.9 cm³/mol. The van der Waals surface area contributed by atoms with E-state index in [1.54, 1.807) is 7.05 Å². The van der Waals surface area contributed by atoms with E-state index in [0.29, 0.717) is 0 Å². The van der Waals surface area contributed by atoms with Crippen molar-refractivity contribution in [3.63, 3.8) is 0 Å². The first-order chi connectivity index (χ1) is 5.93. The fourth-order valence-corrected chi connectivity index (χ4v) is 0.734. The molecule has 0 aliphatic rings. The van der Waals surface area contributed by atoms with E-state index in [-0.39, 0.29) is 0 Å². The summed E-state index contributed by atoms with van der Waals surface area (Å²) in [6.45, 7) is 0. The summed E-state index contributed by atoms with van der Waals surface area (Å²) in [5.41, 5.74) is 3.62. The topological polar surface area (TPSA) is 24.4 Å². The maximum atomic E-state index is 3.74. The fourth-order valence-electron chi connectivity index (χ4n) is 0.734. The van der Waals surface area contributed by atoms with E-state index in [2.05, 4.69) is 22.4 Å². The van der Waals surface area contributed by atoms with Crippen LogP contribution in [0.4, 0.5) is 0 Å². The highest BCUT2D eigenvalue weighted by Gasteiger charge is 1.78. The van der Waals surface area contributed by atoms with Gasteiger partial charge in [-0.1, -0.05) is 24.1 Å². The maximum Gasteiger partial charge on any atom is 0.0969 e. The van der Waals surface area contributed by atoms with Gasteiger partial charge in [0.1, 0.15) is 0 Å². The normalized spacial score (nSPS) is 9.08. The van der Waals surface area contributed by atoms with Crippen molar-refractivity contribution in [2.24, 2.45) is 5.10 Å². The summed E-state index contributed by atoms with van der Waals surface area (Å²) >= 11 is 0. The summed E-state index contributed by atoms with van der Waals surface area (Å²) in [6.07, 6.45) is 1.53. The number of benzene rings is 1. The van der Waals surface area contributed by atoms with Gasteiger partial charge in [-0.25, -0.2) is 0 Å². The Kier molecular flexibility index (Phi) is 3.46. The number of rotatable bonds is 1. The lowest BCUT2D eigenvalue weighted by atomic mass is 10.2. The summed E-state index contributed by atoms with van der Waals surface area (Å²) in [6, 6.07) is 9.80. The molecule has 1 rings (SSSR count). The van der Waals surface area contributed by atoms with E-state index >= 15 is 0 Å². The van der Waals surface area contributed by atoms with Crippen LogP contribution in [0.1, 0.15) is 5.56 Å². The molecule has 2 nitrogen and oxygen atoms in total. The number of hydrogen-bond acceptors (Lipinski definition) is 2. The zero-order valence-electron chi connectivity index (χ0n) is 6.91. The standard InChI is InChI=1S/C10H10N2/c1-11-12-9-5-8-10-6-3-2-4-7-10/h2-4,6-7,9,11H,1H3/b12-9+. The molecule has 0 amide bonds. The Morgan fingerprint density at radius 3 is 2.75 bits per heavy atom. The fraction of sp³-hybridized carbons (Fsp3) is 0.100. The van der Waals surface area contributed by atoms with Crippen molar-refractivity contribution >= 4 is 6.21 Å². The molecule has 0 heterocycles. The highest BCUT2D eigenvalue weighted by Crippen LogP contribution is 1.93. The lowest BCUT2D eigenvalue weighted by molar-refractivity contribution is 0.909. The van der Waals surface area contributed by atoms with Gasteiger partial charge >= 0.3 is 0 Å². The van der Waals surface area contributed by atoms with Gasteiger partial charge in [0.05, 0.1) is 6.21 Å². The van der Waals surface area contributed by atoms with Crippen molar-refractivity contribution in [2.75, 3.05) is 7.05 Å². The second-order valence-corrected chi connectivity index (χ2v) is 2.12. The van der Waals surface area contributed by atoms with Gasteiger partial charge in [0.25, 0.3) is 0 Å². The molecule has 60 valence electrons. The van der Waals surface area contributed by atoms with Crippen LogP contribution in [-0.4, -0.2) is 13.3 Å².